The summed E-state index contributed by atoms with van der Waals surface area (Å²) in [6, 6.07) is 4.40. The Balaban J connectivity index is 2.11. The Bertz CT molecular complexity index is 292. The molecular formula is C11H16OS. The molecule has 1 aliphatic rings. The molecule has 1 fully saturated rings. The van der Waals surface area contributed by atoms with Gasteiger partial charge in [0.15, 0.2) is 0 Å². The fraction of sp³-hybridized carbons (Fsp3) is 0.636. The summed E-state index contributed by atoms with van der Waals surface area (Å²) in [5, 5.41) is 9.55. The van der Waals surface area contributed by atoms with Gasteiger partial charge in [-0.25, -0.2) is 0 Å². The van der Waals surface area contributed by atoms with Crippen molar-refractivity contribution in [2.75, 3.05) is 0 Å². The number of aliphatic hydroxyl groups is 1. The maximum atomic E-state index is 9.55. The summed E-state index contributed by atoms with van der Waals surface area (Å²) in [5.41, 5.74) is 0. The third-order valence-corrected chi connectivity index (χ3v) is 4.24. The smallest absolute Gasteiger partial charge is 0.0580 e. The number of aryl methyl sites for hydroxylation is 1. The van der Waals surface area contributed by atoms with Crippen LogP contribution in [0.3, 0.4) is 0 Å². The van der Waals surface area contributed by atoms with E-state index in [1.165, 1.54) is 9.75 Å². The van der Waals surface area contributed by atoms with Gasteiger partial charge < -0.3 is 5.11 Å². The van der Waals surface area contributed by atoms with Crippen LogP contribution in [0.25, 0.3) is 0 Å². The van der Waals surface area contributed by atoms with Crippen LogP contribution in [-0.4, -0.2) is 11.2 Å². The first-order valence-electron chi connectivity index (χ1n) is 4.96. The molecule has 1 aromatic rings. The number of hydrogen-bond acceptors (Lipinski definition) is 2. The Morgan fingerprint density at radius 3 is 2.77 bits per heavy atom. The van der Waals surface area contributed by atoms with E-state index in [2.05, 4.69) is 26.0 Å². The van der Waals surface area contributed by atoms with E-state index in [1.54, 1.807) is 0 Å². The van der Waals surface area contributed by atoms with Crippen LogP contribution < -0.4 is 0 Å². The van der Waals surface area contributed by atoms with Gasteiger partial charge in [0.25, 0.3) is 0 Å². The molecule has 0 bridgehead atoms. The number of aliphatic hydroxyl groups excluding tert-OH is 1. The molecule has 72 valence electrons. The zero-order valence-corrected chi connectivity index (χ0v) is 8.97. The highest BCUT2D eigenvalue weighted by Gasteiger charge is 2.39. The molecule has 13 heavy (non-hydrogen) atoms. The fourth-order valence-corrected chi connectivity index (χ4v) is 3.28. The molecule has 1 aromatic heterocycles. The summed E-state index contributed by atoms with van der Waals surface area (Å²) in [6.45, 7) is 4.31. The molecule has 3 unspecified atom stereocenters. The van der Waals surface area contributed by atoms with Crippen LogP contribution in [0, 0.1) is 12.8 Å². The van der Waals surface area contributed by atoms with Crippen LogP contribution in [0.5, 0.6) is 0 Å². The molecule has 1 N–H and O–H groups in total. The van der Waals surface area contributed by atoms with Crippen molar-refractivity contribution in [3.05, 3.63) is 21.9 Å². The van der Waals surface area contributed by atoms with E-state index in [4.69, 9.17) is 0 Å². The van der Waals surface area contributed by atoms with Crippen molar-refractivity contribution in [3.8, 4) is 0 Å². The third-order valence-electron chi connectivity index (χ3n) is 3.10. The van der Waals surface area contributed by atoms with E-state index in [0.29, 0.717) is 11.8 Å². The predicted molar refractivity (Wildman–Crippen MR) is 56.2 cm³/mol. The lowest BCUT2D eigenvalue weighted by atomic mass is 9.69. The summed E-state index contributed by atoms with van der Waals surface area (Å²) in [5.74, 6) is 1.15. The lowest BCUT2D eigenvalue weighted by Gasteiger charge is -2.40. The summed E-state index contributed by atoms with van der Waals surface area (Å²) in [7, 11) is 0. The topological polar surface area (TPSA) is 20.2 Å². The molecule has 0 spiro atoms. The first kappa shape index (κ1) is 9.22. The van der Waals surface area contributed by atoms with Crippen molar-refractivity contribution in [2.45, 2.75) is 38.7 Å². The zero-order valence-electron chi connectivity index (χ0n) is 8.16. The minimum Gasteiger partial charge on any atom is -0.393 e. The van der Waals surface area contributed by atoms with Gasteiger partial charge in [-0.2, -0.15) is 0 Å². The molecule has 0 saturated heterocycles. The van der Waals surface area contributed by atoms with Crippen molar-refractivity contribution in [2.24, 2.45) is 5.92 Å². The van der Waals surface area contributed by atoms with Gasteiger partial charge in [0, 0.05) is 15.7 Å². The summed E-state index contributed by atoms with van der Waals surface area (Å²) in [4.78, 5) is 2.85. The normalized spacial score (nSPS) is 33.0. The predicted octanol–water partition coefficient (Wildman–Crippen LogP) is 2.93. The average molecular weight is 196 g/mol. The van der Waals surface area contributed by atoms with Crippen LogP contribution >= 0.6 is 11.3 Å². The summed E-state index contributed by atoms with van der Waals surface area (Å²) < 4.78 is 0. The van der Waals surface area contributed by atoms with Gasteiger partial charge in [-0.15, -0.1) is 11.3 Å². The first-order valence-corrected chi connectivity index (χ1v) is 5.78. The number of rotatable bonds is 2. The minimum absolute atomic E-state index is 0.0441. The Kier molecular flexibility index (Phi) is 2.43. The van der Waals surface area contributed by atoms with Crippen molar-refractivity contribution < 1.29 is 5.11 Å². The van der Waals surface area contributed by atoms with Gasteiger partial charge in [0.05, 0.1) is 6.10 Å². The van der Waals surface area contributed by atoms with Crippen LogP contribution in [0.4, 0.5) is 0 Å². The standard InChI is InChI=1S/C11H16OS/c1-3-8-9(6-10(8)12)11-5-4-7(2)13-11/h4-5,8-10,12H,3,6H2,1-2H3. The highest BCUT2D eigenvalue weighted by molar-refractivity contribution is 7.12. The van der Waals surface area contributed by atoms with Crippen molar-refractivity contribution in [1.82, 2.24) is 0 Å². The quantitative estimate of drug-likeness (QED) is 0.771. The molecule has 1 heterocycles. The fourth-order valence-electron chi connectivity index (χ4n) is 2.22. The second kappa shape index (κ2) is 3.43. The van der Waals surface area contributed by atoms with Crippen LogP contribution in [0.15, 0.2) is 12.1 Å². The second-order valence-corrected chi connectivity index (χ2v) is 5.25. The van der Waals surface area contributed by atoms with Crippen LogP contribution in [-0.2, 0) is 0 Å². The Hall–Kier alpha value is -0.340. The van der Waals surface area contributed by atoms with E-state index in [9.17, 15) is 5.11 Å². The molecule has 1 aliphatic carbocycles. The highest BCUT2D eigenvalue weighted by atomic mass is 32.1. The van der Waals surface area contributed by atoms with Crippen molar-refractivity contribution in [1.29, 1.82) is 0 Å². The van der Waals surface area contributed by atoms with E-state index in [1.807, 2.05) is 11.3 Å². The van der Waals surface area contributed by atoms with Gasteiger partial charge in [-0.1, -0.05) is 13.3 Å². The molecule has 2 heteroatoms. The Labute approximate surface area is 83.4 Å². The molecule has 1 nitrogen and oxygen atoms in total. The molecule has 0 aliphatic heterocycles. The largest absolute Gasteiger partial charge is 0.393 e. The maximum absolute atomic E-state index is 9.55. The van der Waals surface area contributed by atoms with E-state index >= 15 is 0 Å². The average Bonchev–Trinajstić information content (AvgIpc) is 2.48. The van der Waals surface area contributed by atoms with Gasteiger partial charge in [-0.05, 0) is 31.4 Å². The Morgan fingerprint density at radius 1 is 1.54 bits per heavy atom. The summed E-state index contributed by atoms with van der Waals surface area (Å²) >= 11 is 1.88. The monoisotopic (exact) mass is 196 g/mol. The van der Waals surface area contributed by atoms with Gasteiger partial charge >= 0.3 is 0 Å². The molecule has 0 aromatic carbocycles. The lowest BCUT2D eigenvalue weighted by molar-refractivity contribution is 0.000488. The maximum Gasteiger partial charge on any atom is 0.0580 e. The SMILES string of the molecule is CCC1C(O)CC1c1ccc(C)s1. The Morgan fingerprint density at radius 2 is 2.31 bits per heavy atom. The second-order valence-electron chi connectivity index (χ2n) is 3.93. The first-order chi connectivity index (χ1) is 6.22. The third kappa shape index (κ3) is 1.53. The summed E-state index contributed by atoms with van der Waals surface area (Å²) in [6.07, 6.45) is 2.03. The van der Waals surface area contributed by atoms with Crippen LogP contribution in [0.2, 0.25) is 0 Å². The van der Waals surface area contributed by atoms with E-state index in [-0.39, 0.29) is 6.10 Å². The lowest BCUT2D eigenvalue weighted by Crippen LogP contribution is -2.38. The molecule has 3 atom stereocenters. The van der Waals surface area contributed by atoms with Gasteiger partial charge in [0.1, 0.15) is 0 Å². The minimum atomic E-state index is -0.0441. The van der Waals surface area contributed by atoms with E-state index < -0.39 is 0 Å². The molecular weight excluding hydrogens is 180 g/mol. The molecule has 2 rings (SSSR count). The molecule has 1 saturated carbocycles. The molecule has 0 amide bonds. The number of hydrogen-bond donors (Lipinski definition) is 1. The van der Waals surface area contributed by atoms with Crippen molar-refractivity contribution in [3.63, 3.8) is 0 Å². The highest BCUT2D eigenvalue weighted by Crippen LogP contribution is 2.46. The van der Waals surface area contributed by atoms with Gasteiger partial charge in [-0.3, -0.25) is 0 Å². The number of thiophene rings is 1. The molecule has 0 radical (unpaired) electrons. The van der Waals surface area contributed by atoms with Gasteiger partial charge in [0.2, 0.25) is 0 Å². The van der Waals surface area contributed by atoms with Crippen molar-refractivity contribution >= 4 is 11.3 Å². The zero-order chi connectivity index (χ0) is 9.42. The van der Waals surface area contributed by atoms with E-state index in [0.717, 1.165) is 12.8 Å². The van der Waals surface area contributed by atoms with Crippen LogP contribution in [0.1, 0.15) is 35.4 Å².